The van der Waals surface area contributed by atoms with E-state index < -0.39 is 16.7 Å². The number of aromatic nitrogens is 1. The van der Waals surface area contributed by atoms with Crippen molar-refractivity contribution in [1.29, 1.82) is 0 Å². The summed E-state index contributed by atoms with van der Waals surface area (Å²) in [7, 11) is 0. The fourth-order valence-electron chi connectivity index (χ4n) is 2.26. The summed E-state index contributed by atoms with van der Waals surface area (Å²) in [6.45, 7) is 0. The van der Waals surface area contributed by atoms with E-state index in [0.717, 1.165) is 5.56 Å². The van der Waals surface area contributed by atoms with Gasteiger partial charge in [0, 0.05) is 28.6 Å². The van der Waals surface area contributed by atoms with E-state index in [9.17, 15) is 24.1 Å². The molecule has 0 spiro atoms. The minimum Gasteiger partial charge on any atom is -0.273 e. The highest BCUT2D eigenvalue weighted by molar-refractivity contribution is 7.13. The molecule has 142 valence electrons. The molecule has 0 saturated heterocycles. The molecule has 28 heavy (non-hydrogen) atoms. The van der Waals surface area contributed by atoms with E-state index in [1.165, 1.54) is 47.7 Å². The number of hydrazine groups is 1. The van der Waals surface area contributed by atoms with Crippen LogP contribution in [0.4, 0.5) is 10.1 Å². The number of nitro benzene ring substituents is 1. The Morgan fingerprint density at radius 1 is 1.07 bits per heavy atom. The van der Waals surface area contributed by atoms with Gasteiger partial charge in [0.05, 0.1) is 17.0 Å². The minimum atomic E-state index is -0.603. The zero-order valence-corrected chi connectivity index (χ0v) is 15.0. The molecule has 0 radical (unpaired) electrons. The lowest BCUT2D eigenvalue weighted by molar-refractivity contribution is -0.384. The molecule has 0 atom stereocenters. The quantitative estimate of drug-likeness (QED) is 0.505. The van der Waals surface area contributed by atoms with Crippen LogP contribution in [0.5, 0.6) is 0 Å². The number of nitro groups is 1. The lowest BCUT2D eigenvalue weighted by Crippen LogP contribution is -2.42. The van der Waals surface area contributed by atoms with Gasteiger partial charge in [0.2, 0.25) is 5.91 Å². The van der Waals surface area contributed by atoms with Crippen molar-refractivity contribution < 1.29 is 18.9 Å². The maximum Gasteiger partial charge on any atom is 0.269 e. The number of carbonyl (C=O) groups is 2. The third-order valence-electron chi connectivity index (χ3n) is 3.64. The summed E-state index contributed by atoms with van der Waals surface area (Å²) in [4.78, 5) is 38.3. The molecule has 8 nitrogen and oxygen atoms in total. The molecular weight excluding hydrogens is 387 g/mol. The van der Waals surface area contributed by atoms with E-state index in [4.69, 9.17) is 0 Å². The van der Waals surface area contributed by atoms with Crippen LogP contribution < -0.4 is 10.9 Å². The average Bonchev–Trinajstić information content (AvgIpc) is 3.15. The van der Waals surface area contributed by atoms with Crippen LogP contribution >= 0.6 is 11.3 Å². The molecule has 0 bridgehead atoms. The smallest absolute Gasteiger partial charge is 0.269 e. The van der Waals surface area contributed by atoms with Gasteiger partial charge in [0.15, 0.2) is 0 Å². The molecule has 2 N–H and O–H groups in total. The first-order chi connectivity index (χ1) is 13.4. The number of benzene rings is 2. The van der Waals surface area contributed by atoms with Crippen molar-refractivity contribution in [3.63, 3.8) is 0 Å². The minimum absolute atomic E-state index is 0.0573. The van der Waals surface area contributed by atoms with Crippen molar-refractivity contribution in [3.05, 3.63) is 81.1 Å². The van der Waals surface area contributed by atoms with Crippen LogP contribution in [0, 0.1) is 15.9 Å². The van der Waals surface area contributed by atoms with Gasteiger partial charge >= 0.3 is 0 Å². The molecule has 2 amide bonds. The molecule has 1 aromatic heterocycles. The maximum absolute atomic E-state index is 13.0. The number of nitrogens with one attached hydrogen (secondary N) is 2. The molecule has 0 aliphatic carbocycles. The maximum atomic E-state index is 13.0. The lowest BCUT2D eigenvalue weighted by Gasteiger charge is -2.06. The van der Waals surface area contributed by atoms with Gasteiger partial charge in [-0.3, -0.25) is 30.6 Å². The van der Waals surface area contributed by atoms with Crippen LogP contribution in [0.25, 0.3) is 10.6 Å². The van der Waals surface area contributed by atoms with Gasteiger partial charge < -0.3 is 0 Å². The van der Waals surface area contributed by atoms with Crippen LogP contribution in [0.3, 0.4) is 0 Å². The second kappa shape index (κ2) is 8.35. The van der Waals surface area contributed by atoms with E-state index in [1.807, 2.05) is 0 Å². The third-order valence-corrected chi connectivity index (χ3v) is 4.58. The van der Waals surface area contributed by atoms with E-state index >= 15 is 0 Å². The van der Waals surface area contributed by atoms with Gasteiger partial charge in [-0.05, 0) is 36.4 Å². The summed E-state index contributed by atoms with van der Waals surface area (Å²) in [6, 6.07) is 10.8. The molecule has 1 heterocycles. The third kappa shape index (κ3) is 4.74. The summed E-state index contributed by atoms with van der Waals surface area (Å²) in [5.74, 6) is -1.43. The topological polar surface area (TPSA) is 114 Å². The fourth-order valence-corrected chi connectivity index (χ4v) is 3.08. The lowest BCUT2D eigenvalue weighted by atomic mass is 10.2. The fraction of sp³-hybridized carbons (Fsp3) is 0.0556. The zero-order valence-electron chi connectivity index (χ0n) is 14.2. The largest absolute Gasteiger partial charge is 0.273 e. The normalized spacial score (nSPS) is 10.3. The Kier molecular flexibility index (Phi) is 5.70. The standard InChI is InChI=1S/C18H13FN4O4S/c19-13-5-1-12(2-6-13)18-20-14(10-28-18)9-16(24)21-22-17(25)11-3-7-15(8-4-11)23(26)27/h1-8,10H,9H2,(H,21,24)(H,22,25). The molecular formula is C18H13FN4O4S. The van der Waals surface area contributed by atoms with E-state index in [1.54, 1.807) is 17.5 Å². The summed E-state index contributed by atoms with van der Waals surface area (Å²) in [6.07, 6.45) is -0.0573. The Labute approximate surface area is 162 Å². The van der Waals surface area contributed by atoms with Crippen molar-refractivity contribution in [3.8, 4) is 10.6 Å². The molecule has 0 unspecified atom stereocenters. The average molecular weight is 400 g/mol. The highest BCUT2D eigenvalue weighted by Gasteiger charge is 2.12. The molecule has 0 fully saturated rings. The van der Waals surface area contributed by atoms with Gasteiger partial charge in [-0.15, -0.1) is 11.3 Å². The van der Waals surface area contributed by atoms with E-state index in [2.05, 4.69) is 15.8 Å². The summed E-state index contributed by atoms with van der Waals surface area (Å²) in [5, 5.41) is 13.0. The van der Waals surface area contributed by atoms with Crippen LogP contribution in [0.1, 0.15) is 16.1 Å². The van der Waals surface area contributed by atoms with Gasteiger partial charge in [-0.1, -0.05) is 0 Å². The predicted octanol–water partition coefficient (Wildman–Crippen LogP) is 2.86. The molecule has 0 aliphatic rings. The highest BCUT2D eigenvalue weighted by Crippen LogP contribution is 2.24. The number of hydrogen-bond acceptors (Lipinski definition) is 6. The molecule has 10 heteroatoms. The van der Waals surface area contributed by atoms with Crippen molar-refractivity contribution in [1.82, 2.24) is 15.8 Å². The Bertz CT molecular complexity index is 1020. The van der Waals surface area contributed by atoms with Gasteiger partial charge in [-0.25, -0.2) is 9.37 Å². The number of amides is 2. The number of thiazole rings is 1. The number of rotatable bonds is 5. The van der Waals surface area contributed by atoms with Crippen molar-refractivity contribution >= 4 is 28.8 Å². The summed E-state index contributed by atoms with van der Waals surface area (Å²) < 4.78 is 13.0. The first-order valence-corrected chi connectivity index (χ1v) is 8.84. The second-order valence-corrected chi connectivity index (χ2v) is 6.49. The Morgan fingerprint density at radius 3 is 2.39 bits per heavy atom. The first-order valence-electron chi connectivity index (χ1n) is 7.96. The Balaban J connectivity index is 1.53. The molecule has 0 aliphatic heterocycles. The van der Waals surface area contributed by atoms with Crippen molar-refractivity contribution in [2.75, 3.05) is 0 Å². The van der Waals surface area contributed by atoms with E-state index in [0.29, 0.717) is 10.7 Å². The van der Waals surface area contributed by atoms with Crippen LogP contribution in [-0.4, -0.2) is 21.7 Å². The first kappa shape index (κ1) is 19.1. The summed E-state index contributed by atoms with van der Waals surface area (Å²) in [5.41, 5.74) is 5.78. The second-order valence-electron chi connectivity index (χ2n) is 5.63. The Hall–Kier alpha value is -3.66. The molecule has 3 rings (SSSR count). The summed E-state index contributed by atoms with van der Waals surface area (Å²) >= 11 is 1.32. The number of non-ortho nitro benzene ring substituents is 1. The van der Waals surface area contributed by atoms with Gasteiger partial charge in [0.1, 0.15) is 10.8 Å². The SMILES string of the molecule is O=C(Cc1csc(-c2ccc(F)cc2)n1)NNC(=O)c1ccc([N+](=O)[O-])cc1. The van der Waals surface area contributed by atoms with Crippen LogP contribution in [-0.2, 0) is 11.2 Å². The molecule has 3 aromatic rings. The molecule has 2 aromatic carbocycles. The van der Waals surface area contributed by atoms with Crippen LogP contribution in [0.2, 0.25) is 0 Å². The van der Waals surface area contributed by atoms with Crippen LogP contribution in [0.15, 0.2) is 53.9 Å². The number of nitrogens with zero attached hydrogens (tertiary/aromatic N) is 2. The predicted molar refractivity (Wildman–Crippen MR) is 99.9 cm³/mol. The molecule has 0 saturated carbocycles. The number of carbonyl (C=O) groups excluding carboxylic acids is 2. The monoisotopic (exact) mass is 400 g/mol. The van der Waals surface area contributed by atoms with E-state index in [-0.39, 0.29) is 23.5 Å². The number of hydrogen-bond donors (Lipinski definition) is 2. The van der Waals surface area contributed by atoms with Crippen molar-refractivity contribution in [2.24, 2.45) is 0 Å². The van der Waals surface area contributed by atoms with Gasteiger partial charge in [0.25, 0.3) is 11.6 Å². The zero-order chi connectivity index (χ0) is 20.1. The number of halogens is 1. The van der Waals surface area contributed by atoms with Gasteiger partial charge in [-0.2, -0.15) is 0 Å². The highest BCUT2D eigenvalue weighted by atomic mass is 32.1. The van der Waals surface area contributed by atoms with Crippen molar-refractivity contribution in [2.45, 2.75) is 6.42 Å². The Morgan fingerprint density at radius 2 is 1.75 bits per heavy atom.